The molecule has 0 aliphatic carbocycles. The Morgan fingerprint density at radius 1 is 1.30 bits per heavy atom. The van der Waals surface area contributed by atoms with Crippen molar-refractivity contribution in [3.05, 3.63) is 28.5 Å². The highest BCUT2D eigenvalue weighted by Crippen LogP contribution is 2.25. The largest absolute Gasteiger partial charge is 0.464 e. The molecule has 1 aromatic rings. The number of aliphatic imine (C=N–C) groups is 1. The summed E-state index contributed by atoms with van der Waals surface area (Å²) in [7, 11) is 0. The second-order valence-corrected chi connectivity index (χ2v) is 5.97. The number of halogens is 3. The highest BCUT2D eigenvalue weighted by Gasteiger charge is 2.23. The molecule has 0 radical (unpaired) electrons. The van der Waals surface area contributed by atoms with Gasteiger partial charge in [0, 0.05) is 0 Å². The molecule has 0 aliphatic rings. The van der Waals surface area contributed by atoms with Gasteiger partial charge in [0.25, 0.3) is 0 Å². The van der Waals surface area contributed by atoms with Gasteiger partial charge in [-0.05, 0) is 39.8 Å². The van der Waals surface area contributed by atoms with Crippen molar-refractivity contribution >= 4 is 41.0 Å². The average Bonchev–Trinajstić information content (AvgIpc) is 2.55. The van der Waals surface area contributed by atoms with E-state index >= 15 is 0 Å². The number of anilines is 1. The Bertz CT molecular complexity index is 768. The summed E-state index contributed by atoms with van der Waals surface area (Å²) >= 11 is 5.82. The third-order valence-electron chi connectivity index (χ3n) is 3.00. The number of hydrogen-bond acceptors (Lipinski definition) is 5. The summed E-state index contributed by atoms with van der Waals surface area (Å²) < 4.78 is 37.2. The van der Waals surface area contributed by atoms with Crippen molar-refractivity contribution < 1.29 is 32.6 Å². The molecule has 1 rings (SSSR count). The molecule has 148 valence electrons. The van der Waals surface area contributed by atoms with Gasteiger partial charge in [-0.3, -0.25) is 0 Å². The van der Waals surface area contributed by atoms with Crippen molar-refractivity contribution in [3.63, 3.8) is 0 Å². The molecule has 0 aliphatic heterocycles. The van der Waals surface area contributed by atoms with Crippen LogP contribution in [0.1, 0.15) is 38.1 Å². The van der Waals surface area contributed by atoms with Crippen molar-refractivity contribution in [1.29, 1.82) is 0 Å². The van der Waals surface area contributed by atoms with Gasteiger partial charge in [-0.15, -0.1) is 0 Å². The summed E-state index contributed by atoms with van der Waals surface area (Å²) in [6.07, 6.45) is -2.67. The number of rotatable bonds is 6. The summed E-state index contributed by atoms with van der Waals surface area (Å²) in [5, 5.41) is 1.85. The lowest BCUT2D eigenvalue weighted by Crippen LogP contribution is -2.27. The standard InChI is InChI=1S/C17H19ClF2N2O5/c1-5-26-16(24)14(20)9(4)21-17(25)22-13-6-10(11(18)7-12(13)19)15(23)27-8(2)3/h6-8,14H,5H2,1-4H3,(H,22,25). The molecular weight excluding hydrogens is 386 g/mol. The van der Waals surface area contributed by atoms with Crippen LogP contribution in [0.25, 0.3) is 0 Å². The van der Waals surface area contributed by atoms with Crippen LogP contribution in [0.15, 0.2) is 17.1 Å². The van der Waals surface area contributed by atoms with Gasteiger partial charge in [0.2, 0.25) is 6.17 Å². The third kappa shape index (κ3) is 6.59. The SMILES string of the molecule is CCOC(=O)C(F)C(C)=NC(=O)Nc1cc(C(=O)OC(C)C)c(Cl)cc1F. The van der Waals surface area contributed by atoms with E-state index in [-0.39, 0.29) is 17.2 Å². The molecule has 0 saturated carbocycles. The Morgan fingerprint density at radius 2 is 1.93 bits per heavy atom. The molecule has 2 amide bonds. The third-order valence-corrected chi connectivity index (χ3v) is 3.31. The second kappa shape index (κ2) is 9.96. The van der Waals surface area contributed by atoms with Crippen LogP contribution in [0, 0.1) is 5.82 Å². The Labute approximate surface area is 159 Å². The van der Waals surface area contributed by atoms with Gasteiger partial charge in [-0.2, -0.15) is 4.99 Å². The van der Waals surface area contributed by atoms with Crippen LogP contribution in [-0.2, 0) is 14.3 Å². The number of esters is 2. The number of carbonyl (C=O) groups excluding carboxylic acids is 3. The van der Waals surface area contributed by atoms with Gasteiger partial charge < -0.3 is 14.8 Å². The van der Waals surface area contributed by atoms with E-state index in [4.69, 9.17) is 16.3 Å². The molecule has 27 heavy (non-hydrogen) atoms. The highest BCUT2D eigenvalue weighted by atomic mass is 35.5. The van der Waals surface area contributed by atoms with Crippen molar-refractivity contribution in [2.45, 2.75) is 40.0 Å². The lowest BCUT2D eigenvalue weighted by atomic mass is 10.2. The predicted octanol–water partition coefficient (Wildman–Crippen LogP) is 3.94. The first-order chi connectivity index (χ1) is 12.6. The number of alkyl halides is 1. The first-order valence-corrected chi connectivity index (χ1v) is 8.31. The zero-order valence-corrected chi connectivity index (χ0v) is 15.9. The highest BCUT2D eigenvalue weighted by molar-refractivity contribution is 6.33. The molecule has 1 N–H and O–H groups in total. The Balaban J connectivity index is 3.00. The molecule has 0 fully saturated rings. The van der Waals surface area contributed by atoms with Crippen LogP contribution in [0.2, 0.25) is 5.02 Å². The molecule has 0 bridgehead atoms. The van der Waals surface area contributed by atoms with E-state index < -0.39 is 47.5 Å². The summed E-state index contributed by atoms with van der Waals surface area (Å²) in [5.41, 5.74) is -1.05. The summed E-state index contributed by atoms with van der Waals surface area (Å²) in [5.74, 6) is -2.94. The van der Waals surface area contributed by atoms with E-state index in [1.54, 1.807) is 13.8 Å². The van der Waals surface area contributed by atoms with Crippen LogP contribution in [-0.4, -0.2) is 42.6 Å². The molecule has 10 heteroatoms. The Hall–Kier alpha value is -2.55. The maximum absolute atomic E-state index is 14.0. The van der Waals surface area contributed by atoms with Crippen molar-refractivity contribution in [2.24, 2.45) is 4.99 Å². The molecule has 0 aromatic heterocycles. The topological polar surface area (TPSA) is 94.1 Å². The van der Waals surface area contributed by atoms with Crippen LogP contribution in [0.3, 0.4) is 0 Å². The molecular formula is C17H19ClF2N2O5. The van der Waals surface area contributed by atoms with Crippen LogP contribution >= 0.6 is 11.6 Å². The van der Waals surface area contributed by atoms with E-state index in [1.165, 1.54) is 6.92 Å². The van der Waals surface area contributed by atoms with E-state index in [9.17, 15) is 23.2 Å². The summed E-state index contributed by atoms with van der Waals surface area (Å²) in [6, 6.07) is 0.647. The zero-order chi connectivity index (χ0) is 20.7. The lowest BCUT2D eigenvalue weighted by Gasteiger charge is -2.12. The number of amides is 2. The molecule has 1 unspecified atom stereocenters. The van der Waals surface area contributed by atoms with Crippen LogP contribution in [0.4, 0.5) is 19.3 Å². The monoisotopic (exact) mass is 404 g/mol. The molecule has 0 saturated heterocycles. The van der Waals surface area contributed by atoms with Gasteiger partial charge >= 0.3 is 18.0 Å². The second-order valence-electron chi connectivity index (χ2n) is 5.56. The average molecular weight is 405 g/mol. The van der Waals surface area contributed by atoms with Gasteiger partial charge in [0.1, 0.15) is 5.82 Å². The number of hydrogen-bond donors (Lipinski definition) is 1. The minimum absolute atomic E-state index is 0.0377. The first kappa shape index (κ1) is 22.5. The smallest absolute Gasteiger partial charge is 0.346 e. The molecule has 0 heterocycles. The van der Waals surface area contributed by atoms with Gasteiger partial charge in [-0.1, -0.05) is 11.6 Å². The first-order valence-electron chi connectivity index (χ1n) is 7.93. The number of carbonyl (C=O) groups is 3. The maximum atomic E-state index is 14.0. The fourth-order valence-electron chi connectivity index (χ4n) is 1.82. The molecule has 1 aromatic carbocycles. The molecule has 7 nitrogen and oxygen atoms in total. The number of urea groups is 1. The quantitative estimate of drug-likeness (QED) is 0.572. The number of ether oxygens (including phenoxy) is 2. The minimum atomic E-state index is -2.23. The molecule has 1 atom stereocenters. The molecule has 0 spiro atoms. The van der Waals surface area contributed by atoms with Crippen LogP contribution in [0.5, 0.6) is 0 Å². The van der Waals surface area contributed by atoms with Gasteiger partial charge in [0.05, 0.1) is 34.7 Å². The van der Waals surface area contributed by atoms with Gasteiger partial charge in [0.15, 0.2) is 0 Å². The van der Waals surface area contributed by atoms with Crippen molar-refractivity contribution in [1.82, 2.24) is 0 Å². The Kier molecular flexibility index (Phi) is 8.30. The van der Waals surface area contributed by atoms with E-state index in [2.05, 4.69) is 15.0 Å². The fourth-order valence-corrected chi connectivity index (χ4v) is 2.05. The van der Waals surface area contributed by atoms with Crippen molar-refractivity contribution in [3.8, 4) is 0 Å². The van der Waals surface area contributed by atoms with E-state index in [0.717, 1.165) is 19.1 Å². The summed E-state index contributed by atoms with van der Waals surface area (Å²) in [4.78, 5) is 38.5. The summed E-state index contributed by atoms with van der Waals surface area (Å²) in [6.45, 7) is 5.79. The number of nitrogens with zero attached hydrogens (tertiary/aromatic N) is 1. The normalized spacial score (nSPS) is 12.5. The Morgan fingerprint density at radius 3 is 2.48 bits per heavy atom. The lowest BCUT2D eigenvalue weighted by molar-refractivity contribution is -0.146. The maximum Gasteiger partial charge on any atom is 0.346 e. The van der Waals surface area contributed by atoms with Crippen molar-refractivity contribution in [2.75, 3.05) is 11.9 Å². The minimum Gasteiger partial charge on any atom is -0.464 e. The number of benzene rings is 1. The van der Waals surface area contributed by atoms with E-state index in [1.807, 2.05) is 0 Å². The van der Waals surface area contributed by atoms with Crippen LogP contribution < -0.4 is 5.32 Å². The fraction of sp³-hybridized carbons (Fsp3) is 0.412. The number of nitrogens with one attached hydrogen (secondary N) is 1. The van der Waals surface area contributed by atoms with Gasteiger partial charge in [-0.25, -0.2) is 23.2 Å². The predicted molar refractivity (Wildman–Crippen MR) is 95.6 cm³/mol. The van der Waals surface area contributed by atoms with E-state index in [0.29, 0.717) is 0 Å². The zero-order valence-electron chi connectivity index (χ0n) is 15.1.